The van der Waals surface area contributed by atoms with Gasteiger partial charge in [0.25, 0.3) is 0 Å². The molecule has 1 saturated heterocycles. The Morgan fingerprint density at radius 2 is 2.09 bits per heavy atom. The lowest BCUT2D eigenvalue weighted by Gasteiger charge is -2.15. The number of carbonyl (C=O) groups is 1. The van der Waals surface area contributed by atoms with E-state index in [9.17, 15) is 13.2 Å². The van der Waals surface area contributed by atoms with Gasteiger partial charge in [-0.15, -0.1) is 24.0 Å². The number of rotatable bonds is 8. The molecule has 0 bridgehead atoms. The van der Waals surface area contributed by atoms with Crippen LogP contribution < -0.4 is 10.6 Å². The van der Waals surface area contributed by atoms with Crippen LogP contribution in [0.5, 0.6) is 0 Å². The molecule has 0 spiro atoms. The van der Waals surface area contributed by atoms with Crippen LogP contribution in [0, 0.1) is 0 Å². The van der Waals surface area contributed by atoms with Crippen LogP contribution >= 0.6 is 24.0 Å². The zero-order valence-electron chi connectivity index (χ0n) is 13.3. The fraction of sp³-hybridized carbons (Fsp3) is 0.846. The normalized spacial score (nSPS) is 15.6. The monoisotopic (exact) mass is 446 g/mol. The summed E-state index contributed by atoms with van der Waals surface area (Å²) in [7, 11) is -2.97. The lowest BCUT2D eigenvalue weighted by atomic mass is 10.4. The number of likely N-dealkylation sites (tertiary alicyclic amines) is 1. The molecule has 1 aliphatic heterocycles. The van der Waals surface area contributed by atoms with Gasteiger partial charge in [0.2, 0.25) is 5.91 Å². The summed E-state index contributed by atoms with van der Waals surface area (Å²) in [6, 6.07) is 0. The minimum absolute atomic E-state index is 0. The molecule has 7 nitrogen and oxygen atoms in total. The minimum Gasteiger partial charge on any atom is -0.357 e. The smallest absolute Gasteiger partial charge is 0.222 e. The molecule has 0 atom stereocenters. The number of nitrogens with one attached hydrogen (secondary N) is 2. The maximum absolute atomic E-state index is 11.4. The number of amides is 1. The molecule has 22 heavy (non-hydrogen) atoms. The standard InChI is InChI=1S/C13H26N4O3S.HI/c1-3-14-13(16-8-11-21(2,19)20)15-7-5-10-17-9-4-6-12(17)18;/h3-11H2,1-2H3,(H2,14,15,16);1H. The molecule has 0 aromatic carbocycles. The Morgan fingerprint density at radius 3 is 2.64 bits per heavy atom. The summed E-state index contributed by atoms with van der Waals surface area (Å²) in [4.78, 5) is 17.7. The Balaban J connectivity index is 0.00000441. The predicted octanol–water partition coefficient (Wildman–Crippen LogP) is 0.217. The summed E-state index contributed by atoms with van der Waals surface area (Å²) < 4.78 is 22.1. The van der Waals surface area contributed by atoms with Crippen LogP contribution in [0.4, 0.5) is 0 Å². The second kappa shape index (κ2) is 11.0. The van der Waals surface area contributed by atoms with E-state index in [1.807, 2.05) is 11.8 Å². The summed E-state index contributed by atoms with van der Waals surface area (Å²) in [5.74, 6) is 0.936. The highest BCUT2D eigenvalue weighted by atomic mass is 127. The van der Waals surface area contributed by atoms with Crippen LogP contribution in [0.25, 0.3) is 0 Å². The van der Waals surface area contributed by atoms with Crippen molar-refractivity contribution >= 4 is 45.7 Å². The van der Waals surface area contributed by atoms with E-state index in [1.165, 1.54) is 6.26 Å². The van der Waals surface area contributed by atoms with E-state index in [0.29, 0.717) is 25.5 Å². The Bertz CT molecular complexity index is 468. The van der Waals surface area contributed by atoms with Crippen molar-refractivity contribution in [3.05, 3.63) is 0 Å². The fourth-order valence-electron chi connectivity index (χ4n) is 2.09. The molecule has 0 saturated carbocycles. The summed E-state index contributed by atoms with van der Waals surface area (Å²) in [5.41, 5.74) is 0. The van der Waals surface area contributed by atoms with Crippen molar-refractivity contribution in [3.8, 4) is 0 Å². The molecule has 1 rings (SSSR count). The Hall–Kier alpha value is -0.580. The zero-order valence-corrected chi connectivity index (χ0v) is 16.4. The number of aliphatic imine (C=N–C) groups is 1. The van der Waals surface area contributed by atoms with E-state index in [4.69, 9.17) is 0 Å². The molecule has 0 aromatic heterocycles. The topological polar surface area (TPSA) is 90.9 Å². The van der Waals surface area contributed by atoms with Gasteiger partial charge < -0.3 is 15.5 Å². The number of hydrogen-bond donors (Lipinski definition) is 2. The van der Waals surface area contributed by atoms with Crippen LogP contribution in [0.1, 0.15) is 26.2 Å². The molecular formula is C13H27IN4O3S. The first kappa shape index (κ1) is 21.4. The van der Waals surface area contributed by atoms with Crippen LogP contribution in [-0.2, 0) is 14.6 Å². The van der Waals surface area contributed by atoms with Crippen molar-refractivity contribution in [2.75, 3.05) is 44.7 Å². The first-order valence-corrected chi connectivity index (χ1v) is 9.46. The fourth-order valence-corrected chi connectivity index (χ4v) is 2.56. The van der Waals surface area contributed by atoms with Crippen LogP contribution in [0.15, 0.2) is 4.99 Å². The van der Waals surface area contributed by atoms with Crippen LogP contribution in [-0.4, -0.2) is 69.9 Å². The van der Waals surface area contributed by atoms with Crippen molar-refractivity contribution in [2.45, 2.75) is 26.2 Å². The lowest BCUT2D eigenvalue weighted by molar-refractivity contribution is -0.127. The molecule has 0 aliphatic carbocycles. The Kier molecular flexibility index (Phi) is 10.7. The Morgan fingerprint density at radius 1 is 1.36 bits per heavy atom. The average molecular weight is 446 g/mol. The maximum Gasteiger partial charge on any atom is 0.222 e. The molecule has 130 valence electrons. The molecule has 1 heterocycles. The first-order chi connectivity index (χ1) is 9.92. The van der Waals surface area contributed by atoms with Crippen molar-refractivity contribution in [1.29, 1.82) is 0 Å². The number of sulfone groups is 1. The third-order valence-electron chi connectivity index (χ3n) is 3.14. The largest absolute Gasteiger partial charge is 0.357 e. The molecule has 1 aliphatic rings. The molecule has 2 N–H and O–H groups in total. The van der Waals surface area contributed by atoms with Gasteiger partial charge in [-0.2, -0.15) is 0 Å². The van der Waals surface area contributed by atoms with Gasteiger partial charge in [-0.05, 0) is 19.8 Å². The summed E-state index contributed by atoms with van der Waals surface area (Å²) in [5, 5.41) is 6.06. The molecule has 1 amide bonds. The number of guanidine groups is 1. The second-order valence-electron chi connectivity index (χ2n) is 5.16. The highest BCUT2D eigenvalue weighted by Crippen LogP contribution is 2.09. The SMILES string of the molecule is CCNC(=NCCCN1CCCC1=O)NCCS(C)(=O)=O.I. The van der Waals surface area contributed by atoms with E-state index in [2.05, 4.69) is 15.6 Å². The van der Waals surface area contributed by atoms with Gasteiger partial charge in [0.15, 0.2) is 5.96 Å². The quantitative estimate of drug-likeness (QED) is 0.241. The number of carbonyl (C=O) groups excluding carboxylic acids is 1. The van der Waals surface area contributed by atoms with Gasteiger partial charge in [-0.3, -0.25) is 9.79 Å². The van der Waals surface area contributed by atoms with Gasteiger partial charge in [0.05, 0.1) is 5.75 Å². The van der Waals surface area contributed by atoms with Gasteiger partial charge in [-0.1, -0.05) is 0 Å². The molecule has 0 aromatic rings. The van der Waals surface area contributed by atoms with E-state index < -0.39 is 9.84 Å². The van der Waals surface area contributed by atoms with Crippen molar-refractivity contribution in [1.82, 2.24) is 15.5 Å². The maximum atomic E-state index is 11.4. The molecule has 1 fully saturated rings. The highest BCUT2D eigenvalue weighted by molar-refractivity contribution is 14.0. The average Bonchev–Trinajstić information content (AvgIpc) is 2.79. The summed E-state index contributed by atoms with van der Waals surface area (Å²) >= 11 is 0. The van der Waals surface area contributed by atoms with Gasteiger partial charge >= 0.3 is 0 Å². The molecule has 0 unspecified atom stereocenters. The van der Waals surface area contributed by atoms with Gasteiger partial charge in [-0.25, -0.2) is 8.42 Å². The second-order valence-corrected chi connectivity index (χ2v) is 7.41. The zero-order chi connectivity index (χ0) is 15.7. The van der Waals surface area contributed by atoms with Crippen molar-refractivity contribution < 1.29 is 13.2 Å². The molecule has 0 radical (unpaired) electrons. The van der Waals surface area contributed by atoms with E-state index in [1.54, 1.807) is 0 Å². The minimum atomic E-state index is -2.97. The molecular weight excluding hydrogens is 419 g/mol. The van der Waals surface area contributed by atoms with Crippen LogP contribution in [0.3, 0.4) is 0 Å². The van der Waals surface area contributed by atoms with Crippen molar-refractivity contribution in [2.24, 2.45) is 4.99 Å². The van der Waals surface area contributed by atoms with E-state index in [0.717, 1.165) is 32.5 Å². The number of hydrogen-bond acceptors (Lipinski definition) is 4. The first-order valence-electron chi connectivity index (χ1n) is 7.40. The van der Waals surface area contributed by atoms with Gasteiger partial charge in [0.1, 0.15) is 9.84 Å². The van der Waals surface area contributed by atoms with E-state index in [-0.39, 0.29) is 35.6 Å². The highest BCUT2D eigenvalue weighted by Gasteiger charge is 2.18. The Labute approximate surface area is 150 Å². The number of nitrogens with zero attached hydrogens (tertiary/aromatic N) is 2. The third-order valence-corrected chi connectivity index (χ3v) is 4.08. The molecule has 9 heteroatoms. The lowest BCUT2D eigenvalue weighted by Crippen LogP contribution is -2.39. The third kappa shape index (κ3) is 9.44. The van der Waals surface area contributed by atoms with Crippen molar-refractivity contribution in [3.63, 3.8) is 0 Å². The number of halogens is 1. The van der Waals surface area contributed by atoms with E-state index >= 15 is 0 Å². The predicted molar refractivity (Wildman–Crippen MR) is 99.5 cm³/mol. The van der Waals surface area contributed by atoms with Crippen LogP contribution in [0.2, 0.25) is 0 Å². The summed E-state index contributed by atoms with van der Waals surface area (Å²) in [6.45, 7) is 5.22. The van der Waals surface area contributed by atoms with Gasteiger partial charge in [0, 0.05) is 45.4 Å². The summed E-state index contributed by atoms with van der Waals surface area (Å²) in [6.07, 6.45) is 3.65.